The smallest absolute Gasteiger partial charge is 0.210 e. The van der Waals surface area contributed by atoms with Crippen LogP contribution >= 0.6 is 0 Å². The highest BCUT2D eigenvalue weighted by Gasteiger charge is 2.28. The number of nitrogens with zero attached hydrogens (tertiary/aromatic N) is 2. The van der Waals surface area contributed by atoms with E-state index in [9.17, 15) is 5.53 Å². The van der Waals surface area contributed by atoms with Gasteiger partial charge in [-0.15, -0.1) is 0 Å². The van der Waals surface area contributed by atoms with Crippen molar-refractivity contribution in [3.05, 3.63) is 88.0 Å². The maximum Gasteiger partial charge on any atom is 0.210 e. The quantitative estimate of drug-likeness (QED) is 0.188. The van der Waals surface area contributed by atoms with E-state index >= 15 is 0 Å². The molecule has 0 radical (unpaired) electrons. The molecule has 0 fully saturated rings. The molecule has 2 heteroatoms. The number of rotatable bonds is 15. The molecular weight excluding hydrogens is 412 g/mol. The van der Waals surface area contributed by atoms with Gasteiger partial charge >= 0.3 is 0 Å². The van der Waals surface area contributed by atoms with Gasteiger partial charge in [-0.3, -0.25) is 0 Å². The third-order valence-corrected chi connectivity index (χ3v) is 6.94. The van der Waals surface area contributed by atoms with Gasteiger partial charge in [-0.05, 0) is 73.9 Å². The van der Waals surface area contributed by atoms with Crippen molar-refractivity contribution in [2.45, 2.75) is 104 Å². The highest BCUT2D eigenvalue weighted by molar-refractivity contribution is 5.78. The van der Waals surface area contributed by atoms with Gasteiger partial charge in [-0.25, -0.2) is 4.70 Å². The van der Waals surface area contributed by atoms with Gasteiger partial charge in [0.1, 0.15) is 0 Å². The lowest BCUT2D eigenvalue weighted by atomic mass is 9.99. The van der Waals surface area contributed by atoms with E-state index in [1.165, 1.54) is 72.8 Å². The predicted octanol–water partition coefficient (Wildman–Crippen LogP) is 9.92. The summed E-state index contributed by atoms with van der Waals surface area (Å²) >= 11 is 0. The Morgan fingerprint density at radius 1 is 0.618 bits per heavy atom. The number of hydrogen-bond donors (Lipinski definition) is 0. The fourth-order valence-electron chi connectivity index (χ4n) is 4.83. The summed E-state index contributed by atoms with van der Waals surface area (Å²) in [5.74, 6) is 0. The van der Waals surface area contributed by atoms with Crippen molar-refractivity contribution >= 4 is 11.4 Å². The predicted molar refractivity (Wildman–Crippen MR) is 147 cm³/mol. The van der Waals surface area contributed by atoms with E-state index in [0.717, 1.165) is 54.6 Å². The Balaban J connectivity index is 1.72. The lowest BCUT2D eigenvalue weighted by molar-refractivity contribution is -0.344. The summed E-state index contributed by atoms with van der Waals surface area (Å²) in [6.45, 7) is 6.73. The van der Waals surface area contributed by atoms with Crippen LogP contribution in [0, 0.1) is 0 Å². The van der Waals surface area contributed by atoms with Crippen molar-refractivity contribution in [3.63, 3.8) is 0 Å². The van der Waals surface area contributed by atoms with Crippen LogP contribution in [0.5, 0.6) is 0 Å². The van der Waals surface area contributed by atoms with Gasteiger partial charge < -0.3 is 5.53 Å². The van der Waals surface area contributed by atoms with E-state index < -0.39 is 0 Å². The van der Waals surface area contributed by atoms with Gasteiger partial charge in [-0.1, -0.05) is 90.0 Å². The summed E-state index contributed by atoms with van der Waals surface area (Å²) in [6, 6.07) is 17.6. The fourth-order valence-corrected chi connectivity index (χ4v) is 4.83. The molecule has 34 heavy (non-hydrogen) atoms. The SMILES string of the molecule is CCCCCCCCc1ccc(C2=CC(CCCC)=C(c3cccc(CCCC)c3)[N+]2=[N-])cc1. The molecule has 0 bridgehead atoms. The highest BCUT2D eigenvalue weighted by Crippen LogP contribution is 2.37. The number of allylic oxidation sites excluding steroid dienone is 2. The minimum atomic E-state index is 0.895. The third-order valence-electron chi connectivity index (χ3n) is 6.94. The average molecular weight is 457 g/mol. The Labute approximate surface area is 208 Å². The zero-order chi connectivity index (χ0) is 24.2. The third kappa shape index (κ3) is 7.26. The van der Waals surface area contributed by atoms with Gasteiger partial charge in [0.25, 0.3) is 0 Å². The van der Waals surface area contributed by atoms with Crippen LogP contribution < -0.4 is 0 Å². The van der Waals surface area contributed by atoms with Crippen LogP contribution in [0.15, 0.2) is 60.2 Å². The van der Waals surface area contributed by atoms with Crippen LogP contribution in [-0.2, 0) is 12.8 Å². The zero-order valence-corrected chi connectivity index (χ0v) is 21.8. The second kappa shape index (κ2) is 14.0. The number of hydrogen-bond acceptors (Lipinski definition) is 0. The molecule has 1 aliphatic heterocycles. The number of unbranched alkanes of at least 4 members (excludes halogenated alkanes) is 7. The normalized spacial score (nSPS) is 13.6. The molecule has 0 unspecified atom stereocenters. The summed E-state index contributed by atoms with van der Waals surface area (Å²) < 4.78 is 1.44. The standard InChI is InChI=1S/C32H44N2/c1-4-7-10-11-12-13-16-26-20-22-28(23-21-26)31-25-30(18-9-6-3)32(34(31)33)29-19-14-17-27(24-29)15-8-5-2/h14,17,19-25H,4-13,15-16,18H2,1-3H3. The Hall–Kier alpha value is -2.48. The van der Waals surface area contributed by atoms with E-state index in [1.54, 1.807) is 0 Å². The monoisotopic (exact) mass is 456 g/mol. The molecular formula is C32H44N2. The second-order valence-corrected chi connectivity index (χ2v) is 9.84. The molecule has 0 N–H and O–H groups in total. The lowest BCUT2D eigenvalue weighted by Gasteiger charge is -2.11. The second-order valence-electron chi connectivity index (χ2n) is 9.84. The van der Waals surface area contributed by atoms with Crippen molar-refractivity contribution in [1.29, 1.82) is 0 Å². The van der Waals surface area contributed by atoms with E-state index in [4.69, 9.17) is 0 Å². The Kier molecular flexibility index (Phi) is 10.8. The summed E-state index contributed by atoms with van der Waals surface area (Å²) in [5.41, 5.74) is 19.3. The Morgan fingerprint density at radius 2 is 1.26 bits per heavy atom. The maximum absolute atomic E-state index is 11.3. The van der Waals surface area contributed by atoms with Gasteiger partial charge in [0, 0.05) is 22.8 Å². The van der Waals surface area contributed by atoms with Crippen molar-refractivity contribution in [3.8, 4) is 0 Å². The highest BCUT2D eigenvalue weighted by atomic mass is 15.2. The first-order valence-electron chi connectivity index (χ1n) is 13.8. The Morgan fingerprint density at radius 3 is 2.00 bits per heavy atom. The molecule has 0 aliphatic carbocycles. The van der Waals surface area contributed by atoms with Crippen LogP contribution in [-0.4, -0.2) is 4.70 Å². The first kappa shape index (κ1) is 26.1. The van der Waals surface area contributed by atoms with E-state index in [0.29, 0.717) is 0 Å². The van der Waals surface area contributed by atoms with Crippen molar-refractivity contribution in [2.24, 2.45) is 0 Å². The summed E-state index contributed by atoms with van der Waals surface area (Å²) in [7, 11) is 0. The van der Waals surface area contributed by atoms with E-state index in [-0.39, 0.29) is 0 Å². The molecule has 2 aromatic rings. The molecule has 0 amide bonds. The van der Waals surface area contributed by atoms with Gasteiger partial charge in [0.2, 0.25) is 11.4 Å². The molecule has 0 aromatic heterocycles. The van der Waals surface area contributed by atoms with E-state index in [1.807, 2.05) is 0 Å². The van der Waals surface area contributed by atoms with Crippen LogP contribution in [0.4, 0.5) is 0 Å². The van der Waals surface area contributed by atoms with Crippen LogP contribution in [0.3, 0.4) is 0 Å². The first-order valence-corrected chi connectivity index (χ1v) is 13.8. The number of benzene rings is 2. The first-order chi connectivity index (χ1) is 16.7. The molecule has 1 aliphatic rings. The largest absolute Gasteiger partial charge is 0.493 e. The molecule has 3 rings (SSSR count). The topological polar surface area (TPSA) is 25.3 Å². The molecule has 0 atom stereocenters. The molecule has 182 valence electrons. The summed E-state index contributed by atoms with van der Waals surface area (Å²) in [4.78, 5) is 0. The van der Waals surface area contributed by atoms with Crippen molar-refractivity contribution in [1.82, 2.24) is 0 Å². The maximum atomic E-state index is 11.3. The van der Waals surface area contributed by atoms with Gasteiger partial charge in [0.15, 0.2) is 0 Å². The summed E-state index contributed by atoms with van der Waals surface area (Å²) in [5, 5.41) is 0. The van der Waals surface area contributed by atoms with Gasteiger partial charge in [-0.2, -0.15) is 0 Å². The molecule has 0 saturated carbocycles. The zero-order valence-electron chi connectivity index (χ0n) is 21.8. The minimum Gasteiger partial charge on any atom is -0.493 e. The molecule has 0 spiro atoms. The minimum absolute atomic E-state index is 0.895. The summed E-state index contributed by atoms with van der Waals surface area (Å²) in [6.07, 6.45) is 18.1. The fraction of sp³-hybridized carbons (Fsp3) is 0.500. The van der Waals surface area contributed by atoms with Crippen LogP contribution in [0.1, 0.15) is 114 Å². The Bertz CT molecular complexity index is 978. The lowest BCUT2D eigenvalue weighted by Crippen LogP contribution is -2.03. The molecule has 2 nitrogen and oxygen atoms in total. The molecule has 0 saturated heterocycles. The average Bonchev–Trinajstić information content (AvgIpc) is 3.20. The number of aryl methyl sites for hydroxylation is 2. The van der Waals surface area contributed by atoms with Crippen LogP contribution in [0.2, 0.25) is 0 Å². The van der Waals surface area contributed by atoms with Crippen molar-refractivity contribution in [2.75, 3.05) is 0 Å². The molecule has 1 heterocycles. The van der Waals surface area contributed by atoms with Gasteiger partial charge in [0.05, 0.1) is 0 Å². The van der Waals surface area contributed by atoms with Crippen molar-refractivity contribution < 1.29 is 4.70 Å². The molecule has 2 aromatic carbocycles. The van der Waals surface area contributed by atoms with Crippen LogP contribution in [0.25, 0.3) is 16.9 Å². The van der Waals surface area contributed by atoms with E-state index in [2.05, 4.69) is 75.4 Å².